The van der Waals surface area contributed by atoms with Gasteiger partial charge < -0.3 is 30.8 Å². The molecule has 3 aliphatic heterocycles. The van der Waals surface area contributed by atoms with Gasteiger partial charge in [-0.3, -0.25) is 14.5 Å². The SMILES string of the molecule is CN1CCN(CCCn2nnnc2SCC2=C(C(=O)O)N3C(=O)C(NC(=O)C(=NOC4C=CCC4)c4csc(N)n4)[C@H]3SC2)CC1. The fraction of sp³-hybridized carbons (Fsp3) is 0.556. The van der Waals surface area contributed by atoms with Crippen LogP contribution in [0.1, 0.15) is 25.0 Å². The van der Waals surface area contributed by atoms with Gasteiger partial charge in [0.2, 0.25) is 5.16 Å². The summed E-state index contributed by atoms with van der Waals surface area (Å²) in [6, 6.07) is -0.943. The van der Waals surface area contributed by atoms with Crippen LogP contribution in [0.15, 0.2) is 39.1 Å². The molecule has 0 radical (unpaired) electrons. The van der Waals surface area contributed by atoms with Crippen molar-refractivity contribution in [2.45, 2.75) is 48.5 Å². The molecule has 0 aromatic carbocycles. The number of aliphatic carboxylic acids is 1. The maximum absolute atomic E-state index is 13.4. The molecule has 2 fully saturated rings. The van der Waals surface area contributed by atoms with E-state index in [-0.39, 0.29) is 28.3 Å². The number of rotatable bonds is 13. The van der Waals surface area contributed by atoms with Gasteiger partial charge >= 0.3 is 5.97 Å². The summed E-state index contributed by atoms with van der Waals surface area (Å²) in [5, 5.41) is 30.8. The first-order valence-corrected chi connectivity index (χ1v) is 17.8. The van der Waals surface area contributed by atoms with Gasteiger partial charge in [0.25, 0.3) is 11.8 Å². The summed E-state index contributed by atoms with van der Waals surface area (Å²) < 4.78 is 1.74. The van der Waals surface area contributed by atoms with Crippen LogP contribution < -0.4 is 11.1 Å². The molecule has 2 unspecified atom stereocenters. The number of carboxylic acids is 1. The van der Waals surface area contributed by atoms with E-state index < -0.39 is 29.2 Å². The summed E-state index contributed by atoms with van der Waals surface area (Å²) in [7, 11) is 2.13. The highest BCUT2D eigenvalue weighted by Gasteiger charge is 2.54. The number of carbonyl (C=O) groups excluding carboxylic acids is 2. The molecule has 19 heteroatoms. The summed E-state index contributed by atoms with van der Waals surface area (Å²) in [4.78, 5) is 54.8. The van der Waals surface area contributed by atoms with E-state index >= 15 is 0 Å². The fourth-order valence-electron chi connectivity index (χ4n) is 5.53. The van der Waals surface area contributed by atoms with E-state index in [9.17, 15) is 19.5 Å². The number of thioether (sulfide) groups is 2. The first-order chi connectivity index (χ1) is 22.3. The zero-order valence-corrected chi connectivity index (χ0v) is 27.6. The van der Waals surface area contributed by atoms with Crippen LogP contribution in [0.25, 0.3) is 0 Å². The van der Waals surface area contributed by atoms with E-state index in [0.29, 0.717) is 28.8 Å². The van der Waals surface area contributed by atoms with Gasteiger partial charge in [0.15, 0.2) is 10.8 Å². The number of nitrogens with zero attached hydrogens (tertiary/aromatic N) is 9. The monoisotopic (exact) mass is 689 g/mol. The van der Waals surface area contributed by atoms with E-state index in [1.165, 1.54) is 28.4 Å². The van der Waals surface area contributed by atoms with Crippen molar-refractivity contribution in [3.8, 4) is 0 Å². The summed E-state index contributed by atoms with van der Waals surface area (Å²) in [6.45, 7) is 5.80. The number of aryl methyl sites for hydroxylation is 1. The Morgan fingerprint density at radius 1 is 1.26 bits per heavy atom. The predicted octanol–water partition coefficient (Wildman–Crippen LogP) is 0.320. The number of likely N-dealkylation sites (N-methyl/N-ethyl adjacent to an activating group) is 1. The lowest BCUT2D eigenvalue weighted by molar-refractivity contribution is -0.150. The van der Waals surface area contributed by atoms with Crippen LogP contribution in [-0.4, -0.2) is 137 Å². The van der Waals surface area contributed by atoms with Gasteiger partial charge in [-0.25, -0.2) is 14.5 Å². The Bertz CT molecular complexity index is 1550. The number of nitrogens with one attached hydrogen (secondary N) is 1. The van der Waals surface area contributed by atoms with Gasteiger partial charge in [-0.2, -0.15) is 0 Å². The molecule has 46 heavy (non-hydrogen) atoms. The van der Waals surface area contributed by atoms with Crippen LogP contribution in [0.4, 0.5) is 5.13 Å². The highest BCUT2D eigenvalue weighted by Crippen LogP contribution is 2.41. The van der Waals surface area contributed by atoms with Gasteiger partial charge in [-0.15, -0.1) is 28.2 Å². The minimum absolute atomic E-state index is 0.0710. The van der Waals surface area contributed by atoms with Crippen molar-refractivity contribution in [1.82, 2.24) is 45.2 Å². The second-order valence-electron chi connectivity index (χ2n) is 11.3. The molecule has 2 aromatic rings. The van der Waals surface area contributed by atoms with Gasteiger partial charge in [-0.05, 0) is 48.4 Å². The van der Waals surface area contributed by atoms with E-state index in [0.717, 1.165) is 63.3 Å². The Kier molecular flexibility index (Phi) is 10.2. The lowest BCUT2D eigenvalue weighted by Crippen LogP contribution is -2.71. The van der Waals surface area contributed by atoms with Crippen molar-refractivity contribution in [3.05, 3.63) is 34.5 Å². The van der Waals surface area contributed by atoms with E-state index in [4.69, 9.17) is 10.6 Å². The topological polar surface area (TPSA) is 197 Å². The predicted molar refractivity (Wildman–Crippen MR) is 173 cm³/mol. The maximum Gasteiger partial charge on any atom is 0.352 e. The standard InChI is InChI=1S/C27H35N11O5S3/c1-35-9-11-36(12-10-35)7-4-8-37-27(31-33-34-37)46-14-16-13-44-24-20(23(40)38(24)21(16)25(41)42)30-22(39)19(18-15-45-26(28)29-18)32-43-17-5-2-3-6-17/h2,5,15,17,20,24H,3-4,6-14H2,1H3,(H2,28,29)(H,30,39)(H,41,42)/t17?,20?,24-/m1/s1. The number of fused-ring (bicyclic) bond motifs is 1. The molecule has 2 amide bonds. The highest BCUT2D eigenvalue weighted by atomic mass is 32.2. The van der Waals surface area contributed by atoms with Crippen LogP contribution in [0.3, 0.4) is 0 Å². The molecule has 246 valence electrons. The molecule has 0 bridgehead atoms. The lowest BCUT2D eigenvalue weighted by Gasteiger charge is -2.49. The zero-order valence-electron chi connectivity index (χ0n) is 25.1. The van der Waals surface area contributed by atoms with E-state index in [1.54, 1.807) is 10.1 Å². The van der Waals surface area contributed by atoms with Crippen molar-refractivity contribution >= 4 is 63.5 Å². The number of tetrazole rings is 1. The van der Waals surface area contributed by atoms with Crippen molar-refractivity contribution in [2.75, 3.05) is 57.0 Å². The van der Waals surface area contributed by atoms with E-state index in [1.807, 2.05) is 12.2 Å². The molecule has 0 saturated carbocycles. The third kappa shape index (κ3) is 7.22. The second-order valence-corrected chi connectivity index (χ2v) is 14.2. The molecule has 4 aliphatic rings. The van der Waals surface area contributed by atoms with Gasteiger partial charge in [-0.1, -0.05) is 23.0 Å². The van der Waals surface area contributed by atoms with Gasteiger partial charge in [0, 0.05) is 56.2 Å². The number of nitrogens with two attached hydrogens (primary N) is 1. The summed E-state index contributed by atoms with van der Waals surface area (Å²) in [6.07, 6.45) is 6.06. The van der Waals surface area contributed by atoms with Crippen LogP contribution in [0, 0.1) is 0 Å². The number of amides is 2. The Morgan fingerprint density at radius 2 is 2.09 bits per heavy atom. The number of nitrogen functional groups attached to an aromatic ring is 1. The number of hydrogen-bond acceptors (Lipinski definition) is 15. The molecule has 0 spiro atoms. The number of aromatic nitrogens is 5. The molecule has 6 rings (SSSR count). The number of oxime groups is 1. The summed E-state index contributed by atoms with van der Waals surface area (Å²) in [5.74, 6) is -1.72. The Balaban J connectivity index is 1.08. The number of piperazine rings is 1. The molecule has 2 saturated heterocycles. The molecular formula is C27H35N11O5S3. The second kappa shape index (κ2) is 14.5. The molecular weight excluding hydrogens is 655 g/mol. The van der Waals surface area contributed by atoms with Crippen LogP contribution in [0.5, 0.6) is 0 Å². The number of anilines is 1. The third-order valence-corrected chi connectivity index (χ3v) is 11.1. The smallest absolute Gasteiger partial charge is 0.352 e. The molecule has 5 heterocycles. The molecule has 4 N–H and O–H groups in total. The number of thiazole rings is 1. The summed E-state index contributed by atoms with van der Waals surface area (Å²) >= 11 is 3.88. The minimum atomic E-state index is -1.20. The zero-order chi connectivity index (χ0) is 32.2. The number of β-lactam (4-membered cyclic amide) rings is 1. The fourth-order valence-corrected chi connectivity index (χ4v) is 8.46. The van der Waals surface area contributed by atoms with Gasteiger partial charge in [0.05, 0.1) is 0 Å². The van der Waals surface area contributed by atoms with Crippen molar-refractivity contribution in [3.63, 3.8) is 0 Å². The molecule has 16 nitrogen and oxygen atoms in total. The van der Waals surface area contributed by atoms with Crippen molar-refractivity contribution in [1.29, 1.82) is 0 Å². The average Bonchev–Trinajstić information content (AvgIpc) is 3.82. The lowest BCUT2D eigenvalue weighted by atomic mass is 10.0. The molecule has 1 aliphatic carbocycles. The van der Waals surface area contributed by atoms with Crippen molar-refractivity contribution < 1.29 is 24.3 Å². The molecule has 3 atom stereocenters. The van der Waals surface area contributed by atoms with Crippen LogP contribution >= 0.6 is 34.9 Å². The quantitative estimate of drug-likeness (QED) is 0.0855. The van der Waals surface area contributed by atoms with Crippen molar-refractivity contribution in [2.24, 2.45) is 5.16 Å². The van der Waals surface area contributed by atoms with Gasteiger partial charge in [0.1, 0.15) is 28.9 Å². The number of carboxylic acid groups (broad SMARTS) is 1. The number of hydrogen-bond donors (Lipinski definition) is 3. The Hall–Kier alpha value is -3.52. The highest BCUT2D eigenvalue weighted by molar-refractivity contribution is 8.01. The third-order valence-electron chi connectivity index (χ3n) is 8.08. The average molecular weight is 690 g/mol. The Morgan fingerprint density at radius 3 is 2.80 bits per heavy atom. The first kappa shape index (κ1) is 32.4. The summed E-state index contributed by atoms with van der Waals surface area (Å²) in [5.41, 5.74) is 6.42. The van der Waals surface area contributed by atoms with Crippen LogP contribution in [-0.2, 0) is 25.8 Å². The Labute approximate surface area is 277 Å². The van der Waals surface area contributed by atoms with E-state index in [2.05, 4.69) is 47.8 Å². The normalized spacial score (nSPS) is 23.8. The minimum Gasteiger partial charge on any atom is -0.477 e. The van der Waals surface area contributed by atoms with Crippen LogP contribution in [0.2, 0.25) is 0 Å². The first-order valence-electron chi connectivity index (χ1n) is 14.9. The molecule has 2 aromatic heterocycles. The number of carbonyl (C=O) groups is 3. The number of allylic oxidation sites excluding steroid dienone is 1. The largest absolute Gasteiger partial charge is 0.477 e. The maximum atomic E-state index is 13.4.